The minimum atomic E-state index is 0.124. The largest absolute Gasteiger partial charge is 0.324 e. The summed E-state index contributed by atoms with van der Waals surface area (Å²) in [5, 5.41) is 6.45. The van der Waals surface area contributed by atoms with Gasteiger partial charge in [-0.15, -0.1) is 0 Å². The third-order valence-electron chi connectivity index (χ3n) is 9.27. The lowest BCUT2D eigenvalue weighted by Gasteiger charge is -2.41. The van der Waals surface area contributed by atoms with Gasteiger partial charge in [0.25, 0.3) is 0 Å². The van der Waals surface area contributed by atoms with Crippen molar-refractivity contribution in [1.29, 1.82) is 0 Å². The van der Waals surface area contributed by atoms with Crippen LogP contribution in [0.4, 0.5) is 11.4 Å². The van der Waals surface area contributed by atoms with E-state index < -0.39 is 0 Å². The molecule has 4 nitrogen and oxygen atoms in total. The fraction of sp³-hybridized carbons (Fsp3) is 0.714. The fourth-order valence-electron chi connectivity index (χ4n) is 7.68. The molecule has 0 radical (unpaired) electrons. The van der Waals surface area contributed by atoms with Crippen LogP contribution in [0.3, 0.4) is 0 Å². The van der Waals surface area contributed by atoms with E-state index in [1.54, 1.807) is 0 Å². The highest BCUT2D eigenvalue weighted by Gasteiger charge is 2.40. The van der Waals surface area contributed by atoms with Crippen LogP contribution in [0, 0.1) is 35.5 Å². The summed E-state index contributed by atoms with van der Waals surface area (Å²) in [7, 11) is 0. The minimum absolute atomic E-state index is 0.124. The van der Waals surface area contributed by atoms with Crippen LogP contribution in [0.15, 0.2) is 24.3 Å². The van der Waals surface area contributed by atoms with Gasteiger partial charge in [0.1, 0.15) is 0 Å². The molecule has 1 aromatic carbocycles. The summed E-state index contributed by atoms with van der Waals surface area (Å²) in [6.07, 6.45) is 17.1. The van der Waals surface area contributed by atoms with Crippen molar-refractivity contribution in [1.82, 2.24) is 0 Å². The molecule has 6 atom stereocenters. The average molecular weight is 437 g/mol. The number of hydrogen-bond acceptors (Lipinski definition) is 2. The van der Waals surface area contributed by atoms with E-state index >= 15 is 0 Å². The van der Waals surface area contributed by atoms with Gasteiger partial charge in [-0.25, -0.2) is 0 Å². The number of carbonyl (C=O) groups is 2. The second-order valence-corrected chi connectivity index (χ2v) is 11.0. The second-order valence-electron chi connectivity index (χ2n) is 11.0. The molecule has 32 heavy (non-hydrogen) atoms. The van der Waals surface area contributed by atoms with Gasteiger partial charge in [-0.2, -0.15) is 0 Å². The molecular weight excluding hydrogens is 396 g/mol. The molecule has 6 unspecified atom stereocenters. The number of amides is 2. The molecule has 4 saturated carbocycles. The van der Waals surface area contributed by atoms with Gasteiger partial charge in [0.2, 0.25) is 11.8 Å². The third-order valence-corrected chi connectivity index (χ3v) is 9.27. The Morgan fingerprint density at radius 3 is 1.44 bits per heavy atom. The number of para-hydroxylation sites is 2. The summed E-state index contributed by atoms with van der Waals surface area (Å²) in [5.41, 5.74) is 1.53. The Kier molecular flexibility index (Phi) is 6.85. The van der Waals surface area contributed by atoms with Crippen molar-refractivity contribution in [2.24, 2.45) is 35.5 Å². The van der Waals surface area contributed by atoms with Crippen LogP contribution in [-0.2, 0) is 9.59 Å². The van der Waals surface area contributed by atoms with Gasteiger partial charge in [0.05, 0.1) is 11.4 Å². The third kappa shape index (κ3) is 4.61. The van der Waals surface area contributed by atoms with Gasteiger partial charge in [-0.1, -0.05) is 76.3 Å². The van der Waals surface area contributed by atoms with Crippen LogP contribution >= 0.6 is 0 Å². The number of anilines is 2. The van der Waals surface area contributed by atoms with Crippen molar-refractivity contribution in [3.63, 3.8) is 0 Å². The van der Waals surface area contributed by atoms with Crippen LogP contribution in [0.5, 0.6) is 0 Å². The van der Waals surface area contributed by atoms with E-state index in [1.165, 1.54) is 77.0 Å². The Morgan fingerprint density at radius 2 is 0.969 bits per heavy atom. The molecule has 174 valence electrons. The van der Waals surface area contributed by atoms with Crippen LogP contribution in [0.1, 0.15) is 89.9 Å². The van der Waals surface area contributed by atoms with Crippen molar-refractivity contribution in [3.05, 3.63) is 24.3 Å². The fourth-order valence-corrected chi connectivity index (χ4v) is 7.68. The normalized spacial score (nSPS) is 34.6. The molecule has 0 aliphatic heterocycles. The van der Waals surface area contributed by atoms with Crippen molar-refractivity contribution in [3.8, 4) is 0 Å². The molecule has 4 fully saturated rings. The summed E-state index contributed by atoms with van der Waals surface area (Å²) in [6.45, 7) is 0. The lowest BCUT2D eigenvalue weighted by atomic mass is 9.65. The minimum Gasteiger partial charge on any atom is -0.324 e. The molecule has 0 aromatic heterocycles. The highest BCUT2D eigenvalue weighted by molar-refractivity contribution is 6.01. The van der Waals surface area contributed by atoms with E-state index in [4.69, 9.17) is 0 Å². The van der Waals surface area contributed by atoms with E-state index in [2.05, 4.69) is 10.6 Å². The maximum Gasteiger partial charge on any atom is 0.227 e. The van der Waals surface area contributed by atoms with Gasteiger partial charge in [0.15, 0.2) is 0 Å². The van der Waals surface area contributed by atoms with Gasteiger partial charge < -0.3 is 10.6 Å². The van der Waals surface area contributed by atoms with Crippen LogP contribution in [0.2, 0.25) is 0 Å². The van der Waals surface area contributed by atoms with Crippen molar-refractivity contribution >= 4 is 23.2 Å². The first-order chi connectivity index (χ1) is 15.7. The summed E-state index contributed by atoms with van der Waals surface area (Å²) in [6, 6.07) is 7.79. The zero-order valence-electron chi connectivity index (χ0n) is 19.5. The molecule has 0 spiro atoms. The predicted octanol–water partition coefficient (Wildman–Crippen LogP) is 6.78. The Bertz CT molecular complexity index is 750. The lowest BCUT2D eigenvalue weighted by Crippen LogP contribution is -2.39. The Labute approximate surface area is 193 Å². The molecule has 4 aliphatic rings. The number of fused-ring (bicyclic) bond motifs is 2. The maximum atomic E-state index is 13.3. The summed E-state index contributed by atoms with van der Waals surface area (Å²) >= 11 is 0. The second kappa shape index (κ2) is 9.97. The van der Waals surface area contributed by atoms with Gasteiger partial charge in [-0.3, -0.25) is 9.59 Å². The smallest absolute Gasteiger partial charge is 0.227 e. The summed E-state index contributed by atoms with van der Waals surface area (Å²) < 4.78 is 0. The van der Waals surface area contributed by atoms with Crippen LogP contribution < -0.4 is 10.6 Å². The quantitative estimate of drug-likeness (QED) is 0.547. The van der Waals surface area contributed by atoms with Gasteiger partial charge in [0, 0.05) is 11.8 Å². The maximum absolute atomic E-state index is 13.3. The monoisotopic (exact) mass is 436 g/mol. The molecule has 2 amide bonds. The molecule has 4 aliphatic carbocycles. The van der Waals surface area contributed by atoms with E-state index in [9.17, 15) is 9.59 Å². The Balaban J connectivity index is 1.26. The average Bonchev–Trinajstić information content (AvgIpc) is 2.84. The summed E-state index contributed by atoms with van der Waals surface area (Å²) in [5.74, 6) is 3.13. The molecule has 2 N–H and O–H groups in total. The molecule has 0 heterocycles. The van der Waals surface area contributed by atoms with E-state index in [-0.39, 0.29) is 23.7 Å². The first-order valence-electron chi connectivity index (χ1n) is 13.4. The van der Waals surface area contributed by atoms with Crippen molar-refractivity contribution in [2.45, 2.75) is 89.9 Å². The predicted molar refractivity (Wildman–Crippen MR) is 129 cm³/mol. The number of carbonyl (C=O) groups excluding carboxylic acids is 2. The first-order valence-corrected chi connectivity index (χ1v) is 13.4. The van der Waals surface area contributed by atoms with E-state index in [1.807, 2.05) is 24.3 Å². The van der Waals surface area contributed by atoms with Gasteiger partial charge >= 0.3 is 0 Å². The summed E-state index contributed by atoms with van der Waals surface area (Å²) in [4.78, 5) is 26.7. The highest BCUT2D eigenvalue weighted by Crippen LogP contribution is 2.45. The van der Waals surface area contributed by atoms with Crippen molar-refractivity contribution < 1.29 is 9.59 Å². The standard InChI is InChI=1S/C28H40N2O2/c31-27(23-15-7-11-19-9-1-3-13-21(19)23)29-25-17-5-6-18-26(25)30-28(32)24-16-8-12-20-10-2-4-14-22(20)24/h5-6,17-24H,1-4,7-16H2,(H,29,31)(H,30,32). The Morgan fingerprint density at radius 1 is 0.562 bits per heavy atom. The van der Waals surface area contributed by atoms with Gasteiger partial charge in [-0.05, 0) is 61.5 Å². The molecule has 1 aromatic rings. The van der Waals surface area contributed by atoms with Crippen LogP contribution in [0.25, 0.3) is 0 Å². The topological polar surface area (TPSA) is 58.2 Å². The van der Waals surface area contributed by atoms with Crippen molar-refractivity contribution in [2.75, 3.05) is 10.6 Å². The molecule has 0 bridgehead atoms. The number of hydrogen-bond donors (Lipinski definition) is 2. The molecular formula is C28H40N2O2. The molecule has 5 rings (SSSR count). The molecule has 4 heteroatoms. The number of benzene rings is 1. The molecule has 0 saturated heterocycles. The first kappa shape index (κ1) is 22.0. The zero-order valence-corrected chi connectivity index (χ0v) is 19.5. The SMILES string of the molecule is O=C(Nc1ccccc1NC(=O)C1CCCC2CCCCC21)C1CCCC2CCCCC21. The zero-order chi connectivity index (χ0) is 21.9. The highest BCUT2D eigenvalue weighted by atomic mass is 16.2. The van der Waals surface area contributed by atoms with Crippen LogP contribution in [-0.4, -0.2) is 11.8 Å². The van der Waals surface area contributed by atoms with E-state index in [0.29, 0.717) is 11.8 Å². The number of nitrogens with one attached hydrogen (secondary N) is 2. The number of rotatable bonds is 4. The van der Waals surface area contributed by atoms with E-state index in [0.717, 1.165) is 36.1 Å². The lowest BCUT2D eigenvalue weighted by molar-refractivity contribution is -0.125. The Hall–Kier alpha value is -1.84.